The standard InChI is InChI=1S/2C10H20O2.Cu/c2*1-10(2,3)8-6-4-5-7-9(11)12;/h2*4-8H2,1-3H3,(H,11,12);/q;;+2/p-2. The zero-order valence-corrected chi connectivity index (χ0v) is 17.9. The quantitative estimate of drug-likeness (QED) is 0.411. The van der Waals surface area contributed by atoms with Crippen molar-refractivity contribution in [2.75, 3.05) is 0 Å². The van der Waals surface area contributed by atoms with Crippen LogP contribution in [0, 0.1) is 10.8 Å². The molecule has 5 heteroatoms. The topological polar surface area (TPSA) is 80.3 Å². The fourth-order valence-electron chi connectivity index (χ4n) is 2.20. The van der Waals surface area contributed by atoms with E-state index in [-0.39, 0.29) is 29.9 Å². The summed E-state index contributed by atoms with van der Waals surface area (Å²) in [4.78, 5) is 20.1. The van der Waals surface area contributed by atoms with E-state index in [0.717, 1.165) is 38.5 Å². The second-order valence-corrected chi connectivity index (χ2v) is 8.99. The summed E-state index contributed by atoms with van der Waals surface area (Å²) in [7, 11) is 0. The van der Waals surface area contributed by atoms with Crippen LogP contribution >= 0.6 is 0 Å². The maximum absolute atomic E-state index is 10.0. The van der Waals surface area contributed by atoms with E-state index in [1.807, 2.05) is 0 Å². The van der Waals surface area contributed by atoms with Gasteiger partial charge in [0.15, 0.2) is 0 Å². The van der Waals surface area contributed by atoms with Crippen LogP contribution in [-0.4, -0.2) is 11.9 Å². The molecule has 0 saturated carbocycles. The molecule has 153 valence electrons. The molecule has 0 aliphatic heterocycles. The van der Waals surface area contributed by atoms with Crippen LogP contribution in [0.15, 0.2) is 0 Å². The van der Waals surface area contributed by atoms with E-state index in [0.29, 0.717) is 10.8 Å². The van der Waals surface area contributed by atoms with Crippen LogP contribution in [0.4, 0.5) is 0 Å². The van der Waals surface area contributed by atoms with Crippen molar-refractivity contribution in [3.63, 3.8) is 0 Å². The molecule has 0 unspecified atom stereocenters. The second kappa shape index (κ2) is 15.7. The molecule has 0 spiro atoms. The molecule has 0 atom stereocenters. The van der Waals surface area contributed by atoms with E-state index in [1.165, 1.54) is 12.8 Å². The Bertz CT molecular complexity index is 307. The smallest absolute Gasteiger partial charge is 0.550 e. The second-order valence-electron chi connectivity index (χ2n) is 8.99. The first-order valence-corrected chi connectivity index (χ1v) is 9.23. The number of hydrogen-bond acceptors (Lipinski definition) is 4. The van der Waals surface area contributed by atoms with Crippen molar-refractivity contribution in [1.82, 2.24) is 0 Å². The monoisotopic (exact) mass is 405 g/mol. The van der Waals surface area contributed by atoms with Crippen molar-refractivity contribution >= 4 is 11.9 Å². The number of carbonyl (C=O) groups is 2. The number of aliphatic carboxylic acids is 2. The Labute approximate surface area is 165 Å². The van der Waals surface area contributed by atoms with Gasteiger partial charge in [0.1, 0.15) is 0 Å². The molecule has 0 aromatic heterocycles. The van der Waals surface area contributed by atoms with Crippen molar-refractivity contribution in [1.29, 1.82) is 0 Å². The predicted octanol–water partition coefficient (Wildman–Crippen LogP) is 3.46. The number of hydrogen-bond donors (Lipinski definition) is 0. The van der Waals surface area contributed by atoms with Crippen LogP contribution in [0.3, 0.4) is 0 Å². The van der Waals surface area contributed by atoms with E-state index in [9.17, 15) is 19.8 Å². The maximum Gasteiger partial charge on any atom is 2.00 e. The van der Waals surface area contributed by atoms with Crippen LogP contribution in [0.5, 0.6) is 0 Å². The largest absolute Gasteiger partial charge is 2.00 e. The van der Waals surface area contributed by atoms with Crippen molar-refractivity contribution in [3.05, 3.63) is 0 Å². The molecule has 0 amide bonds. The SMILES string of the molecule is CC(C)(C)CCCCCC(=O)[O-].CC(C)(C)CCCCCC(=O)[O-].[Cu+2]. The molecule has 0 rings (SSSR count). The summed E-state index contributed by atoms with van der Waals surface area (Å²) in [6, 6.07) is 0. The molecule has 0 saturated heterocycles. The van der Waals surface area contributed by atoms with Gasteiger partial charge in [0.05, 0.1) is 0 Å². The number of carbonyl (C=O) groups excluding carboxylic acids is 2. The number of carboxylic acids is 2. The van der Waals surface area contributed by atoms with Gasteiger partial charge < -0.3 is 19.8 Å². The van der Waals surface area contributed by atoms with Crippen molar-refractivity contribution in [2.45, 2.75) is 106 Å². The molecule has 0 aliphatic rings. The van der Waals surface area contributed by atoms with E-state index >= 15 is 0 Å². The van der Waals surface area contributed by atoms with E-state index in [1.54, 1.807) is 0 Å². The van der Waals surface area contributed by atoms with E-state index in [2.05, 4.69) is 41.5 Å². The Balaban J connectivity index is -0.000000372. The van der Waals surface area contributed by atoms with Crippen LogP contribution in [0.25, 0.3) is 0 Å². The van der Waals surface area contributed by atoms with Gasteiger partial charge in [-0.15, -0.1) is 0 Å². The number of rotatable bonds is 10. The fraction of sp³-hybridized carbons (Fsp3) is 0.900. The van der Waals surface area contributed by atoms with Gasteiger partial charge in [-0.05, 0) is 49.4 Å². The Morgan fingerprint density at radius 1 is 0.600 bits per heavy atom. The zero-order valence-electron chi connectivity index (χ0n) is 17.0. The van der Waals surface area contributed by atoms with Crippen LogP contribution < -0.4 is 10.2 Å². The van der Waals surface area contributed by atoms with Gasteiger partial charge in [-0.3, -0.25) is 0 Å². The van der Waals surface area contributed by atoms with Gasteiger partial charge in [0, 0.05) is 11.9 Å². The molecule has 1 radical (unpaired) electrons. The Hall–Kier alpha value is -0.541. The van der Waals surface area contributed by atoms with Gasteiger partial charge in [-0.2, -0.15) is 0 Å². The normalized spacial score (nSPS) is 11.1. The zero-order chi connectivity index (χ0) is 19.2. The third-order valence-corrected chi connectivity index (χ3v) is 3.62. The van der Waals surface area contributed by atoms with Gasteiger partial charge >= 0.3 is 17.1 Å². The summed E-state index contributed by atoms with van der Waals surface area (Å²) in [5.41, 5.74) is 0.753. The summed E-state index contributed by atoms with van der Waals surface area (Å²) in [5, 5.41) is 20.1. The van der Waals surface area contributed by atoms with Crippen molar-refractivity contribution < 1.29 is 36.9 Å². The van der Waals surface area contributed by atoms with Crippen molar-refractivity contribution in [2.24, 2.45) is 10.8 Å². The molecule has 0 heterocycles. The number of unbranched alkanes of at least 4 members (excludes halogenated alkanes) is 4. The van der Waals surface area contributed by atoms with Gasteiger partial charge in [-0.1, -0.05) is 67.2 Å². The van der Waals surface area contributed by atoms with Gasteiger partial charge in [0.25, 0.3) is 0 Å². The summed E-state index contributed by atoms with van der Waals surface area (Å²) in [5.74, 6) is -1.85. The minimum atomic E-state index is -0.925. The Morgan fingerprint density at radius 3 is 1.08 bits per heavy atom. The molecule has 25 heavy (non-hydrogen) atoms. The summed E-state index contributed by atoms with van der Waals surface area (Å²) >= 11 is 0. The average molecular weight is 406 g/mol. The van der Waals surface area contributed by atoms with Gasteiger partial charge in [0.2, 0.25) is 0 Å². The summed E-state index contributed by atoms with van der Waals surface area (Å²) < 4.78 is 0. The van der Waals surface area contributed by atoms with E-state index < -0.39 is 11.9 Å². The van der Waals surface area contributed by atoms with Crippen molar-refractivity contribution in [3.8, 4) is 0 Å². The Kier molecular flexibility index (Phi) is 18.4. The van der Waals surface area contributed by atoms with Crippen LogP contribution in [-0.2, 0) is 26.7 Å². The first-order chi connectivity index (χ1) is 10.8. The molecular weight excluding hydrogens is 368 g/mol. The van der Waals surface area contributed by atoms with E-state index in [4.69, 9.17) is 0 Å². The minimum absolute atomic E-state index is 0. The molecule has 4 nitrogen and oxygen atoms in total. The summed E-state index contributed by atoms with van der Waals surface area (Å²) in [6.45, 7) is 13.2. The number of carboxylic acid groups (broad SMARTS) is 2. The van der Waals surface area contributed by atoms with Gasteiger partial charge in [-0.25, -0.2) is 0 Å². The average Bonchev–Trinajstić information content (AvgIpc) is 2.35. The molecule has 0 fully saturated rings. The maximum atomic E-state index is 10.0. The molecular formula is C20H38CuO4. The fourth-order valence-corrected chi connectivity index (χ4v) is 2.20. The third-order valence-electron chi connectivity index (χ3n) is 3.62. The minimum Gasteiger partial charge on any atom is -0.550 e. The Morgan fingerprint density at radius 2 is 0.880 bits per heavy atom. The van der Waals surface area contributed by atoms with Crippen LogP contribution in [0.1, 0.15) is 106 Å². The first-order valence-electron chi connectivity index (χ1n) is 9.23. The molecule has 0 N–H and O–H groups in total. The first kappa shape index (κ1) is 29.2. The molecule has 0 aliphatic carbocycles. The third kappa shape index (κ3) is 35.4. The molecule has 0 aromatic rings. The summed E-state index contributed by atoms with van der Waals surface area (Å²) in [6.07, 6.45) is 8.54. The molecule has 0 bridgehead atoms. The van der Waals surface area contributed by atoms with Crippen LogP contribution in [0.2, 0.25) is 0 Å². The predicted molar refractivity (Wildman–Crippen MR) is 95.1 cm³/mol. The molecule has 0 aromatic carbocycles.